The first-order chi connectivity index (χ1) is 9.63. The van der Waals surface area contributed by atoms with E-state index in [1.54, 1.807) is 24.3 Å². The number of anilines is 1. The fraction of sp³-hybridized carbons (Fsp3) is 0.429. The van der Waals surface area contributed by atoms with Crippen LogP contribution >= 0.6 is 0 Å². The third-order valence-electron chi connectivity index (χ3n) is 3.03. The second kappa shape index (κ2) is 7.02. The third-order valence-corrected chi connectivity index (χ3v) is 3.03. The summed E-state index contributed by atoms with van der Waals surface area (Å²) in [6, 6.07) is 7.07. The molecule has 4 N–H and O–H groups in total. The molecule has 1 atom stereocenters. The highest BCUT2D eigenvalue weighted by Gasteiger charge is 2.17. The van der Waals surface area contributed by atoms with Gasteiger partial charge in [0.2, 0.25) is 11.8 Å². The van der Waals surface area contributed by atoms with Gasteiger partial charge in [-0.25, -0.2) is 0 Å². The maximum Gasteiger partial charge on any atom is 0.227 e. The van der Waals surface area contributed by atoms with E-state index in [1.807, 2.05) is 0 Å². The number of carbonyl (C=O) groups is 2. The monoisotopic (exact) mass is 277 g/mol. The molecule has 0 saturated carbocycles. The molecule has 1 heterocycles. The van der Waals surface area contributed by atoms with Gasteiger partial charge in [0.05, 0.1) is 25.6 Å². The van der Waals surface area contributed by atoms with Crippen LogP contribution in [0.1, 0.15) is 12.0 Å². The van der Waals surface area contributed by atoms with Crippen LogP contribution in [0.25, 0.3) is 0 Å². The van der Waals surface area contributed by atoms with Crippen molar-refractivity contribution in [3.05, 3.63) is 29.8 Å². The van der Waals surface area contributed by atoms with Crippen molar-refractivity contribution in [2.45, 2.75) is 18.9 Å². The molecule has 2 amide bonds. The Morgan fingerprint density at radius 2 is 2.10 bits per heavy atom. The van der Waals surface area contributed by atoms with Gasteiger partial charge in [0.25, 0.3) is 0 Å². The first-order valence-electron chi connectivity index (χ1n) is 6.63. The number of nitrogens with one attached hydrogen (secondary N) is 2. The number of ether oxygens (including phenoxy) is 1. The van der Waals surface area contributed by atoms with Gasteiger partial charge in [-0.1, -0.05) is 12.1 Å². The number of primary amides is 1. The topological polar surface area (TPSA) is 93.5 Å². The van der Waals surface area contributed by atoms with Crippen molar-refractivity contribution in [1.29, 1.82) is 0 Å². The molecule has 1 unspecified atom stereocenters. The van der Waals surface area contributed by atoms with E-state index in [2.05, 4.69) is 10.6 Å². The number of nitrogens with two attached hydrogens (primary N) is 1. The van der Waals surface area contributed by atoms with Gasteiger partial charge in [0.1, 0.15) is 0 Å². The van der Waals surface area contributed by atoms with Crippen molar-refractivity contribution in [2.24, 2.45) is 5.73 Å². The van der Waals surface area contributed by atoms with Crippen molar-refractivity contribution in [3.63, 3.8) is 0 Å². The molecule has 1 aromatic rings. The molecule has 2 rings (SSSR count). The molecule has 0 aliphatic carbocycles. The minimum Gasteiger partial charge on any atom is -0.375 e. The second-order valence-corrected chi connectivity index (χ2v) is 4.79. The van der Waals surface area contributed by atoms with Gasteiger partial charge in [-0.15, -0.1) is 0 Å². The van der Waals surface area contributed by atoms with Crippen molar-refractivity contribution in [2.75, 3.05) is 25.0 Å². The summed E-state index contributed by atoms with van der Waals surface area (Å²) in [4.78, 5) is 22.6. The van der Waals surface area contributed by atoms with Gasteiger partial charge in [-0.3, -0.25) is 9.59 Å². The summed E-state index contributed by atoms with van der Waals surface area (Å²) in [6.07, 6.45) is 0.462. The molecule has 0 spiro atoms. The van der Waals surface area contributed by atoms with Gasteiger partial charge >= 0.3 is 0 Å². The van der Waals surface area contributed by atoms with Crippen LogP contribution in [0, 0.1) is 0 Å². The average molecular weight is 277 g/mol. The highest BCUT2D eigenvalue weighted by molar-refractivity contribution is 5.91. The number of carbonyl (C=O) groups excluding carboxylic acids is 2. The lowest BCUT2D eigenvalue weighted by atomic mass is 10.1. The molecule has 6 heteroatoms. The largest absolute Gasteiger partial charge is 0.375 e. The van der Waals surface area contributed by atoms with Gasteiger partial charge in [0, 0.05) is 18.8 Å². The molecule has 0 bridgehead atoms. The van der Waals surface area contributed by atoms with Crippen LogP contribution in [0.15, 0.2) is 24.3 Å². The van der Waals surface area contributed by atoms with Crippen LogP contribution in [0.5, 0.6) is 0 Å². The Bertz CT molecular complexity index is 467. The zero-order chi connectivity index (χ0) is 14.4. The van der Waals surface area contributed by atoms with E-state index in [1.165, 1.54) is 0 Å². The molecular formula is C14H19N3O3. The first kappa shape index (κ1) is 14.5. The number of rotatable bonds is 5. The Labute approximate surface area is 117 Å². The summed E-state index contributed by atoms with van der Waals surface area (Å²) in [5.74, 6) is -0.454. The van der Waals surface area contributed by atoms with Crippen LogP contribution in [0.2, 0.25) is 0 Å². The molecule has 20 heavy (non-hydrogen) atoms. The zero-order valence-corrected chi connectivity index (χ0v) is 11.2. The molecule has 6 nitrogen and oxygen atoms in total. The normalized spacial score (nSPS) is 18.5. The summed E-state index contributed by atoms with van der Waals surface area (Å²) in [7, 11) is 0. The molecule has 1 aromatic carbocycles. The molecule has 1 aliphatic rings. The standard InChI is InChI=1S/C14H19N3O3/c15-13(18)7-10-1-3-11(4-2-10)17-14(19)8-12-9-16-5-6-20-12/h1-4,12,16H,5-9H2,(H2,15,18)(H,17,19). The second-order valence-electron chi connectivity index (χ2n) is 4.79. The van der Waals surface area contributed by atoms with E-state index in [0.29, 0.717) is 25.3 Å². The van der Waals surface area contributed by atoms with Crippen LogP contribution in [0.4, 0.5) is 5.69 Å². The summed E-state index contributed by atoms with van der Waals surface area (Å²) < 4.78 is 5.47. The van der Waals surface area contributed by atoms with Crippen molar-refractivity contribution in [1.82, 2.24) is 5.32 Å². The van der Waals surface area contributed by atoms with Crippen molar-refractivity contribution >= 4 is 17.5 Å². The van der Waals surface area contributed by atoms with Crippen LogP contribution < -0.4 is 16.4 Å². The number of benzene rings is 1. The lowest BCUT2D eigenvalue weighted by molar-refractivity contribution is -0.119. The number of amides is 2. The fourth-order valence-electron chi connectivity index (χ4n) is 2.08. The summed E-state index contributed by atoms with van der Waals surface area (Å²) in [5.41, 5.74) is 6.65. The van der Waals surface area contributed by atoms with Crippen LogP contribution in [0.3, 0.4) is 0 Å². The molecular weight excluding hydrogens is 258 g/mol. The van der Waals surface area contributed by atoms with Crippen LogP contribution in [-0.2, 0) is 20.7 Å². The molecule has 1 fully saturated rings. The Morgan fingerprint density at radius 1 is 1.35 bits per heavy atom. The molecule has 0 radical (unpaired) electrons. The number of hydrogen-bond acceptors (Lipinski definition) is 4. The minimum atomic E-state index is -0.372. The lowest BCUT2D eigenvalue weighted by Crippen LogP contribution is -2.40. The van der Waals surface area contributed by atoms with E-state index in [4.69, 9.17) is 10.5 Å². The highest BCUT2D eigenvalue weighted by Crippen LogP contribution is 2.11. The van der Waals surface area contributed by atoms with E-state index in [0.717, 1.165) is 12.1 Å². The van der Waals surface area contributed by atoms with Crippen LogP contribution in [-0.4, -0.2) is 37.6 Å². The molecule has 1 aliphatic heterocycles. The van der Waals surface area contributed by atoms with Gasteiger partial charge in [-0.2, -0.15) is 0 Å². The van der Waals surface area contributed by atoms with E-state index < -0.39 is 0 Å². The fourth-order valence-corrected chi connectivity index (χ4v) is 2.08. The molecule has 1 saturated heterocycles. The third kappa shape index (κ3) is 4.64. The lowest BCUT2D eigenvalue weighted by Gasteiger charge is -2.23. The zero-order valence-electron chi connectivity index (χ0n) is 11.2. The summed E-state index contributed by atoms with van der Waals surface area (Å²) in [6.45, 7) is 2.17. The van der Waals surface area contributed by atoms with Crippen molar-refractivity contribution in [3.8, 4) is 0 Å². The predicted octanol–water partition coefficient (Wildman–Crippen LogP) is 0.0314. The smallest absolute Gasteiger partial charge is 0.227 e. The Hall–Kier alpha value is -1.92. The van der Waals surface area contributed by atoms with Gasteiger partial charge < -0.3 is 21.1 Å². The maximum absolute atomic E-state index is 11.9. The van der Waals surface area contributed by atoms with E-state index >= 15 is 0 Å². The van der Waals surface area contributed by atoms with E-state index in [-0.39, 0.29) is 24.3 Å². The Balaban J connectivity index is 1.82. The molecule has 108 valence electrons. The Kier molecular flexibility index (Phi) is 5.09. The quantitative estimate of drug-likeness (QED) is 0.708. The highest BCUT2D eigenvalue weighted by atomic mass is 16.5. The summed E-state index contributed by atoms with van der Waals surface area (Å²) in [5, 5.41) is 5.99. The average Bonchev–Trinajstić information content (AvgIpc) is 2.41. The van der Waals surface area contributed by atoms with Gasteiger partial charge in [0.15, 0.2) is 0 Å². The summed E-state index contributed by atoms with van der Waals surface area (Å²) >= 11 is 0. The van der Waals surface area contributed by atoms with Gasteiger partial charge in [-0.05, 0) is 17.7 Å². The number of hydrogen-bond donors (Lipinski definition) is 3. The SMILES string of the molecule is NC(=O)Cc1ccc(NC(=O)CC2CNCCO2)cc1. The minimum absolute atomic E-state index is 0.0714. The Morgan fingerprint density at radius 3 is 2.70 bits per heavy atom. The predicted molar refractivity (Wildman–Crippen MR) is 75.2 cm³/mol. The van der Waals surface area contributed by atoms with E-state index in [9.17, 15) is 9.59 Å². The van der Waals surface area contributed by atoms with Crippen molar-refractivity contribution < 1.29 is 14.3 Å². The molecule has 0 aromatic heterocycles. The first-order valence-corrected chi connectivity index (χ1v) is 6.63. The maximum atomic E-state index is 11.9. The number of morpholine rings is 1.